The molecule has 16 heavy (non-hydrogen) atoms. The predicted molar refractivity (Wildman–Crippen MR) is 70.5 cm³/mol. The maximum absolute atomic E-state index is 5.87. The third-order valence-corrected chi connectivity index (χ3v) is 3.08. The summed E-state index contributed by atoms with van der Waals surface area (Å²) in [6.07, 6.45) is 2.47. The molecule has 0 aromatic heterocycles. The summed E-state index contributed by atoms with van der Waals surface area (Å²) in [6, 6.07) is 9.05. The summed E-state index contributed by atoms with van der Waals surface area (Å²) in [7, 11) is 2.16. The van der Waals surface area contributed by atoms with Crippen molar-refractivity contribution in [1.82, 2.24) is 4.90 Å². The second-order valence-electron chi connectivity index (χ2n) is 4.50. The molecule has 0 aliphatic rings. The molecule has 2 nitrogen and oxygen atoms in total. The van der Waals surface area contributed by atoms with Crippen LogP contribution in [0.5, 0.6) is 0 Å². The van der Waals surface area contributed by atoms with Crippen LogP contribution in [0.3, 0.4) is 0 Å². The quantitative estimate of drug-likeness (QED) is 0.798. The van der Waals surface area contributed by atoms with E-state index in [9.17, 15) is 0 Å². The Kier molecular flexibility index (Phi) is 5.50. The maximum atomic E-state index is 5.87. The van der Waals surface area contributed by atoms with E-state index in [4.69, 9.17) is 5.73 Å². The number of nitrogens with zero attached hydrogens (tertiary/aromatic N) is 1. The number of aryl methyl sites for hydroxylation is 1. The molecule has 0 heterocycles. The standard InChI is InChI=1S/C14H24N2/c1-4-5-10-16(3)14(11-15)13-8-6-12(2)7-9-13/h6-9,14H,4-5,10-11,15H2,1-3H3. The fourth-order valence-corrected chi connectivity index (χ4v) is 1.92. The Morgan fingerprint density at radius 1 is 1.25 bits per heavy atom. The Bertz CT molecular complexity index is 292. The van der Waals surface area contributed by atoms with Crippen molar-refractivity contribution < 1.29 is 0 Å². The summed E-state index contributed by atoms with van der Waals surface area (Å²) in [5, 5.41) is 0. The molecule has 2 N–H and O–H groups in total. The van der Waals surface area contributed by atoms with E-state index in [1.807, 2.05) is 0 Å². The van der Waals surface area contributed by atoms with Gasteiger partial charge in [-0.05, 0) is 32.5 Å². The third kappa shape index (κ3) is 3.62. The van der Waals surface area contributed by atoms with Gasteiger partial charge in [0.25, 0.3) is 0 Å². The van der Waals surface area contributed by atoms with Crippen molar-refractivity contribution in [3.05, 3.63) is 35.4 Å². The highest BCUT2D eigenvalue weighted by Gasteiger charge is 2.14. The number of likely N-dealkylation sites (N-methyl/N-ethyl adjacent to an activating group) is 1. The summed E-state index contributed by atoms with van der Waals surface area (Å²) >= 11 is 0. The first-order valence-electron chi connectivity index (χ1n) is 6.16. The van der Waals surface area contributed by atoms with E-state index in [2.05, 4.69) is 50.1 Å². The fourth-order valence-electron chi connectivity index (χ4n) is 1.92. The second-order valence-corrected chi connectivity index (χ2v) is 4.50. The monoisotopic (exact) mass is 220 g/mol. The summed E-state index contributed by atoms with van der Waals surface area (Å²) in [5.74, 6) is 0. The van der Waals surface area contributed by atoms with E-state index in [0.29, 0.717) is 12.6 Å². The third-order valence-electron chi connectivity index (χ3n) is 3.08. The first-order valence-corrected chi connectivity index (χ1v) is 6.16. The Hall–Kier alpha value is -0.860. The Morgan fingerprint density at radius 2 is 1.88 bits per heavy atom. The molecular weight excluding hydrogens is 196 g/mol. The van der Waals surface area contributed by atoms with Crippen molar-refractivity contribution in [2.24, 2.45) is 5.73 Å². The van der Waals surface area contributed by atoms with Crippen LogP contribution in [0.4, 0.5) is 0 Å². The smallest absolute Gasteiger partial charge is 0.0467 e. The molecule has 0 aliphatic heterocycles. The zero-order valence-electron chi connectivity index (χ0n) is 10.7. The highest BCUT2D eigenvalue weighted by atomic mass is 15.1. The molecule has 0 saturated carbocycles. The van der Waals surface area contributed by atoms with E-state index in [1.54, 1.807) is 0 Å². The van der Waals surface area contributed by atoms with Crippen molar-refractivity contribution in [3.8, 4) is 0 Å². The van der Waals surface area contributed by atoms with Crippen molar-refractivity contribution in [3.63, 3.8) is 0 Å². The lowest BCUT2D eigenvalue weighted by molar-refractivity contribution is 0.246. The van der Waals surface area contributed by atoms with E-state index < -0.39 is 0 Å². The van der Waals surface area contributed by atoms with Crippen LogP contribution in [0, 0.1) is 6.92 Å². The number of hydrogen-bond acceptors (Lipinski definition) is 2. The first kappa shape index (κ1) is 13.2. The van der Waals surface area contributed by atoms with Crippen LogP contribution in [0.25, 0.3) is 0 Å². The number of unbranched alkanes of at least 4 members (excludes halogenated alkanes) is 1. The van der Waals surface area contributed by atoms with Gasteiger partial charge >= 0.3 is 0 Å². The predicted octanol–water partition coefficient (Wildman–Crippen LogP) is 2.73. The average Bonchev–Trinajstić information content (AvgIpc) is 2.30. The Labute approximate surface area is 99.5 Å². The minimum absolute atomic E-state index is 0.354. The lowest BCUT2D eigenvalue weighted by atomic mass is 10.0. The van der Waals surface area contributed by atoms with Gasteiger partial charge in [-0.25, -0.2) is 0 Å². The van der Waals surface area contributed by atoms with Gasteiger partial charge < -0.3 is 5.73 Å². The van der Waals surface area contributed by atoms with Crippen LogP contribution in [-0.4, -0.2) is 25.0 Å². The highest BCUT2D eigenvalue weighted by Crippen LogP contribution is 2.19. The lowest BCUT2D eigenvalue weighted by Gasteiger charge is -2.27. The van der Waals surface area contributed by atoms with Gasteiger partial charge in [-0.15, -0.1) is 0 Å². The van der Waals surface area contributed by atoms with Crippen molar-refractivity contribution in [2.75, 3.05) is 20.1 Å². The molecule has 1 aromatic carbocycles. The van der Waals surface area contributed by atoms with Crippen LogP contribution in [-0.2, 0) is 0 Å². The van der Waals surface area contributed by atoms with Crippen molar-refractivity contribution in [1.29, 1.82) is 0 Å². The molecule has 1 aromatic rings. The minimum Gasteiger partial charge on any atom is -0.329 e. The van der Waals surface area contributed by atoms with Crippen LogP contribution in [0.1, 0.15) is 36.9 Å². The summed E-state index contributed by atoms with van der Waals surface area (Å²) in [6.45, 7) is 6.13. The largest absolute Gasteiger partial charge is 0.329 e. The van der Waals surface area contributed by atoms with Gasteiger partial charge in [0, 0.05) is 12.6 Å². The molecule has 0 spiro atoms. The number of rotatable bonds is 6. The fraction of sp³-hybridized carbons (Fsp3) is 0.571. The highest BCUT2D eigenvalue weighted by molar-refractivity contribution is 5.24. The normalized spacial score (nSPS) is 13.1. The maximum Gasteiger partial charge on any atom is 0.0467 e. The lowest BCUT2D eigenvalue weighted by Crippen LogP contribution is -2.31. The molecular formula is C14H24N2. The van der Waals surface area contributed by atoms with Gasteiger partial charge in [0.05, 0.1) is 0 Å². The van der Waals surface area contributed by atoms with Gasteiger partial charge in [0.1, 0.15) is 0 Å². The zero-order valence-corrected chi connectivity index (χ0v) is 10.7. The molecule has 0 bridgehead atoms. The van der Waals surface area contributed by atoms with Crippen LogP contribution >= 0.6 is 0 Å². The molecule has 0 aliphatic carbocycles. The summed E-state index contributed by atoms with van der Waals surface area (Å²) in [5.41, 5.74) is 8.50. The molecule has 0 saturated heterocycles. The van der Waals surface area contributed by atoms with Gasteiger partial charge in [-0.2, -0.15) is 0 Å². The molecule has 90 valence electrons. The topological polar surface area (TPSA) is 29.3 Å². The Balaban J connectivity index is 2.69. The molecule has 0 fully saturated rings. The van der Waals surface area contributed by atoms with Crippen molar-refractivity contribution in [2.45, 2.75) is 32.7 Å². The SMILES string of the molecule is CCCCN(C)C(CN)c1ccc(C)cc1. The molecule has 0 radical (unpaired) electrons. The molecule has 1 unspecified atom stereocenters. The van der Waals surface area contributed by atoms with Crippen LogP contribution in [0.2, 0.25) is 0 Å². The number of benzene rings is 1. The van der Waals surface area contributed by atoms with Gasteiger partial charge in [-0.1, -0.05) is 43.2 Å². The molecule has 0 amide bonds. The van der Waals surface area contributed by atoms with Gasteiger partial charge in [0.15, 0.2) is 0 Å². The molecule has 2 heteroatoms. The number of nitrogens with two attached hydrogens (primary N) is 1. The van der Waals surface area contributed by atoms with Gasteiger partial charge in [-0.3, -0.25) is 4.90 Å². The first-order chi connectivity index (χ1) is 7.69. The summed E-state index contributed by atoms with van der Waals surface area (Å²) < 4.78 is 0. The second kappa shape index (κ2) is 6.66. The van der Waals surface area contributed by atoms with Crippen LogP contribution < -0.4 is 5.73 Å². The van der Waals surface area contributed by atoms with E-state index >= 15 is 0 Å². The van der Waals surface area contributed by atoms with Crippen molar-refractivity contribution >= 4 is 0 Å². The zero-order chi connectivity index (χ0) is 12.0. The van der Waals surface area contributed by atoms with E-state index in [-0.39, 0.29) is 0 Å². The molecule has 1 rings (SSSR count). The van der Waals surface area contributed by atoms with E-state index in [1.165, 1.54) is 24.0 Å². The average molecular weight is 220 g/mol. The van der Waals surface area contributed by atoms with Crippen LogP contribution in [0.15, 0.2) is 24.3 Å². The van der Waals surface area contributed by atoms with Gasteiger partial charge in [0.2, 0.25) is 0 Å². The van der Waals surface area contributed by atoms with E-state index in [0.717, 1.165) is 6.54 Å². The number of hydrogen-bond donors (Lipinski definition) is 1. The summed E-state index contributed by atoms with van der Waals surface area (Å²) in [4.78, 5) is 2.36. The minimum atomic E-state index is 0.354. The Morgan fingerprint density at radius 3 is 2.38 bits per heavy atom. The molecule has 1 atom stereocenters.